The van der Waals surface area contributed by atoms with Gasteiger partial charge in [0.05, 0.1) is 25.5 Å². The van der Waals surface area contributed by atoms with E-state index in [1.165, 1.54) is 11.8 Å². The molecule has 3 heterocycles. The molecule has 0 bridgehead atoms. The molecule has 1 aliphatic carbocycles. The molecule has 8 nitrogen and oxygen atoms in total. The zero-order chi connectivity index (χ0) is 20.2. The molecule has 1 atom stereocenters. The summed E-state index contributed by atoms with van der Waals surface area (Å²) < 4.78 is 5.61. The summed E-state index contributed by atoms with van der Waals surface area (Å²) in [6.45, 7) is 4.61. The highest BCUT2D eigenvalue weighted by molar-refractivity contribution is 5.88. The van der Waals surface area contributed by atoms with Crippen LogP contribution in [-0.4, -0.2) is 58.9 Å². The number of pyridine rings is 1. The number of aromatic nitrogens is 3. The van der Waals surface area contributed by atoms with Crippen molar-refractivity contribution in [2.45, 2.75) is 44.6 Å². The second-order valence-electron chi connectivity index (χ2n) is 8.09. The molecule has 2 fully saturated rings. The fourth-order valence-electron chi connectivity index (χ4n) is 4.47. The summed E-state index contributed by atoms with van der Waals surface area (Å²) in [5, 5.41) is 27.8. The van der Waals surface area contributed by atoms with Gasteiger partial charge in [-0.3, -0.25) is 5.10 Å². The van der Waals surface area contributed by atoms with Crippen molar-refractivity contribution in [2.75, 3.05) is 36.6 Å². The molecule has 156 valence electrons. The number of aromatic amines is 1. The van der Waals surface area contributed by atoms with Crippen LogP contribution >= 0.6 is 0 Å². The number of hydrogen-bond acceptors (Lipinski definition) is 7. The SMILES string of the molecule is C[C@@H]1COCCN1c1cc(C2CCC(CO)CC2)c(C=N)c(Nc2ccn[nH]2)n1. The van der Waals surface area contributed by atoms with Crippen molar-refractivity contribution >= 4 is 23.7 Å². The predicted octanol–water partition coefficient (Wildman–Crippen LogP) is 3.04. The highest BCUT2D eigenvalue weighted by atomic mass is 16.5. The van der Waals surface area contributed by atoms with Crippen LogP contribution < -0.4 is 10.2 Å². The third kappa shape index (κ3) is 4.28. The van der Waals surface area contributed by atoms with Gasteiger partial charge in [-0.05, 0) is 56.1 Å². The number of hydrogen-bond donors (Lipinski definition) is 4. The molecule has 0 spiro atoms. The summed E-state index contributed by atoms with van der Waals surface area (Å²) >= 11 is 0. The summed E-state index contributed by atoms with van der Waals surface area (Å²) in [5.41, 5.74) is 2.00. The number of H-pyrrole nitrogens is 1. The lowest BCUT2D eigenvalue weighted by Crippen LogP contribution is -2.44. The molecule has 0 unspecified atom stereocenters. The Hall–Kier alpha value is -2.45. The Morgan fingerprint density at radius 3 is 2.86 bits per heavy atom. The van der Waals surface area contributed by atoms with Gasteiger partial charge < -0.3 is 25.5 Å². The number of ether oxygens (including phenoxy) is 1. The van der Waals surface area contributed by atoms with Gasteiger partial charge in [-0.25, -0.2) is 4.98 Å². The van der Waals surface area contributed by atoms with Gasteiger partial charge in [0.15, 0.2) is 0 Å². The van der Waals surface area contributed by atoms with Gasteiger partial charge in [0.25, 0.3) is 0 Å². The number of aliphatic hydroxyl groups is 1. The monoisotopic (exact) mass is 398 g/mol. The molecule has 4 rings (SSSR count). The first-order valence-corrected chi connectivity index (χ1v) is 10.5. The summed E-state index contributed by atoms with van der Waals surface area (Å²) in [4.78, 5) is 7.19. The quantitative estimate of drug-likeness (QED) is 0.557. The molecule has 1 saturated carbocycles. The van der Waals surface area contributed by atoms with Crippen LogP contribution in [0.3, 0.4) is 0 Å². The van der Waals surface area contributed by atoms with Gasteiger partial charge in [-0.1, -0.05) is 0 Å². The van der Waals surface area contributed by atoms with E-state index in [9.17, 15) is 5.11 Å². The van der Waals surface area contributed by atoms with Crippen LogP contribution in [0.4, 0.5) is 17.5 Å². The number of anilines is 3. The van der Waals surface area contributed by atoms with Crippen molar-refractivity contribution in [2.24, 2.45) is 5.92 Å². The summed E-state index contributed by atoms with van der Waals surface area (Å²) in [6.07, 6.45) is 7.19. The standard InChI is InChI=1S/C21H30N6O2/c1-14-13-29-9-8-27(14)20-10-17(16-4-2-15(12-28)3-5-16)18(11-22)21(25-20)24-19-6-7-23-26-19/h6-7,10-11,14-16,22,28H,2-5,8-9,12-13H2,1H3,(H2,23,24,25,26)/t14-,15?,16?/m1/s1. The molecule has 1 aliphatic heterocycles. The maximum Gasteiger partial charge on any atom is 0.143 e. The Morgan fingerprint density at radius 1 is 1.38 bits per heavy atom. The molecule has 1 saturated heterocycles. The average molecular weight is 399 g/mol. The Balaban J connectivity index is 1.73. The third-order valence-corrected chi connectivity index (χ3v) is 6.18. The molecule has 8 heteroatoms. The normalized spacial score (nSPS) is 25.0. The van der Waals surface area contributed by atoms with E-state index in [-0.39, 0.29) is 12.6 Å². The van der Waals surface area contributed by atoms with Crippen LogP contribution in [0.5, 0.6) is 0 Å². The second-order valence-corrected chi connectivity index (χ2v) is 8.09. The smallest absolute Gasteiger partial charge is 0.143 e. The fraction of sp³-hybridized carbons (Fsp3) is 0.571. The summed E-state index contributed by atoms with van der Waals surface area (Å²) in [5.74, 6) is 3.13. The molecule has 0 amide bonds. The van der Waals surface area contributed by atoms with Crippen molar-refractivity contribution in [3.8, 4) is 0 Å². The van der Waals surface area contributed by atoms with Crippen molar-refractivity contribution in [1.82, 2.24) is 15.2 Å². The average Bonchev–Trinajstić information content (AvgIpc) is 3.27. The minimum Gasteiger partial charge on any atom is -0.396 e. The van der Waals surface area contributed by atoms with Crippen LogP contribution in [0.2, 0.25) is 0 Å². The van der Waals surface area contributed by atoms with Crippen LogP contribution in [0.15, 0.2) is 18.3 Å². The molecular weight excluding hydrogens is 368 g/mol. The molecule has 0 aromatic carbocycles. The molecule has 4 N–H and O–H groups in total. The maximum absolute atomic E-state index is 9.50. The van der Waals surface area contributed by atoms with Crippen molar-refractivity contribution in [1.29, 1.82) is 5.41 Å². The van der Waals surface area contributed by atoms with Crippen LogP contribution in [0.1, 0.15) is 49.7 Å². The van der Waals surface area contributed by atoms with E-state index in [2.05, 4.69) is 33.4 Å². The van der Waals surface area contributed by atoms with Crippen molar-refractivity contribution in [3.05, 3.63) is 29.5 Å². The number of nitrogens with one attached hydrogen (secondary N) is 3. The van der Waals surface area contributed by atoms with E-state index in [1.54, 1.807) is 6.20 Å². The van der Waals surface area contributed by atoms with E-state index in [1.807, 2.05) is 6.07 Å². The predicted molar refractivity (Wildman–Crippen MR) is 113 cm³/mol. The van der Waals surface area contributed by atoms with Gasteiger partial charge in [0, 0.05) is 31.0 Å². The maximum atomic E-state index is 9.50. The number of rotatable bonds is 6. The van der Waals surface area contributed by atoms with E-state index in [0.29, 0.717) is 30.9 Å². The largest absolute Gasteiger partial charge is 0.396 e. The lowest BCUT2D eigenvalue weighted by Gasteiger charge is -2.36. The number of morpholine rings is 1. The molecule has 2 aliphatic rings. The minimum absolute atomic E-state index is 0.250. The topological polar surface area (TPSA) is 110 Å². The fourth-order valence-corrected chi connectivity index (χ4v) is 4.47. The summed E-state index contributed by atoms with van der Waals surface area (Å²) in [6, 6.07) is 4.27. The Labute approximate surface area is 171 Å². The van der Waals surface area contributed by atoms with Gasteiger partial charge in [-0.15, -0.1) is 0 Å². The van der Waals surface area contributed by atoms with Gasteiger partial charge in [-0.2, -0.15) is 5.10 Å². The van der Waals surface area contributed by atoms with Crippen LogP contribution in [0.25, 0.3) is 0 Å². The molecule has 2 aromatic heterocycles. The van der Waals surface area contributed by atoms with Gasteiger partial charge >= 0.3 is 0 Å². The highest BCUT2D eigenvalue weighted by Crippen LogP contribution is 2.40. The van der Waals surface area contributed by atoms with Crippen LogP contribution in [-0.2, 0) is 4.74 Å². The van der Waals surface area contributed by atoms with Crippen molar-refractivity contribution < 1.29 is 9.84 Å². The third-order valence-electron chi connectivity index (χ3n) is 6.18. The first-order chi connectivity index (χ1) is 14.2. The Morgan fingerprint density at radius 2 is 2.21 bits per heavy atom. The first-order valence-electron chi connectivity index (χ1n) is 10.5. The van der Waals surface area contributed by atoms with E-state index in [0.717, 1.165) is 49.4 Å². The zero-order valence-corrected chi connectivity index (χ0v) is 16.9. The van der Waals surface area contributed by atoms with E-state index < -0.39 is 0 Å². The lowest BCUT2D eigenvalue weighted by atomic mass is 9.78. The van der Waals surface area contributed by atoms with Crippen molar-refractivity contribution in [3.63, 3.8) is 0 Å². The number of aliphatic hydroxyl groups excluding tert-OH is 1. The van der Waals surface area contributed by atoms with E-state index in [4.69, 9.17) is 15.1 Å². The molecule has 29 heavy (non-hydrogen) atoms. The minimum atomic E-state index is 0.250. The summed E-state index contributed by atoms with van der Waals surface area (Å²) in [7, 11) is 0. The lowest BCUT2D eigenvalue weighted by molar-refractivity contribution is 0.0985. The Bertz CT molecular complexity index is 817. The second kappa shape index (κ2) is 8.92. The zero-order valence-electron chi connectivity index (χ0n) is 16.9. The highest BCUT2D eigenvalue weighted by Gasteiger charge is 2.28. The van der Waals surface area contributed by atoms with Gasteiger partial charge in [0.2, 0.25) is 0 Å². The molecule has 2 aromatic rings. The van der Waals surface area contributed by atoms with Gasteiger partial charge in [0.1, 0.15) is 17.5 Å². The number of nitrogens with zero attached hydrogens (tertiary/aromatic N) is 3. The molecular formula is C21H30N6O2. The first kappa shape index (κ1) is 19.8. The molecule has 0 radical (unpaired) electrons. The Kier molecular flexibility index (Phi) is 6.10. The van der Waals surface area contributed by atoms with E-state index >= 15 is 0 Å². The van der Waals surface area contributed by atoms with Crippen LogP contribution in [0, 0.1) is 11.3 Å².